The number of hydrogen-bond donors (Lipinski definition) is 2. The van der Waals surface area contributed by atoms with Gasteiger partial charge in [0.25, 0.3) is 0 Å². The first-order chi connectivity index (χ1) is 15.3. The van der Waals surface area contributed by atoms with Crippen molar-refractivity contribution in [2.75, 3.05) is 0 Å². The lowest BCUT2D eigenvalue weighted by Crippen LogP contribution is -1.91. The van der Waals surface area contributed by atoms with Gasteiger partial charge in [0, 0.05) is 5.56 Å². The van der Waals surface area contributed by atoms with Crippen LogP contribution >= 0.6 is 0 Å². The molecule has 0 saturated carbocycles. The fourth-order valence-electron chi connectivity index (χ4n) is 3.55. The molecule has 176 valence electrons. The van der Waals surface area contributed by atoms with E-state index in [2.05, 4.69) is 57.7 Å². The van der Waals surface area contributed by atoms with Crippen molar-refractivity contribution in [3.05, 3.63) is 82.5 Å². The molecule has 32 heavy (non-hydrogen) atoms. The number of aromatic hydroxyl groups is 2. The third kappa shape index (κ3) is 10.7. The summed E-state index contributed by atoms with van der Waals surface area (Å²) in [7, 11) is 0. The molecule has 0 radical (unpaired) electrons. The molecule has 0 fully saturated rings. The first kappa shape index (κ1) is 27.6. The van der Waals surface area contributed by atoms with E-state index in [1.807, 2.05) is 19.9 Å². The van der Waals surface area contributed by atoms with Crippen LogP contribution in [0, 0.1) is 13.8 Å². The first-order valence-corrected chi connectivity index (χ1v) is 12.0. The van der Waals surface area contributed by atoms with Gasteiger partial charge >= 0.3 is 0 Å². The minimum absolute atomic E-state index is 0.254. The topological polar surface area (TPSA) is 40.5 Å². The molecule has 0 aliphatic carbocycles. The summed E-state index contributed by atoms with van der Waals surface area (Å²) in [4.78, 5) is 0. The van der Waals surface area contributed by atoms with Gasteiger partial charge in [0.05, 0.1) is 0 Å². The van der Waals surface area contributed by atoms with Crippen LogP contribution in [0.1, 0.15) is 88.8 Å². The van der Waals surface area contributed by atoms with E-state index in [1.54, 1.807) is 6.07 Å². The first-order valence-electron chi connectivity index (χ1n) is 12.0. The van der Waals surface area contributed by atoms with Crippen LogP contribution in [-0.2, 0) is 6.42 Å². The predicted molar refractivity (Wildman–Crippen MR) is 140 cm³/mol. The molecule has 0 spiro atoms. The molecule has 1 aromatic carbocycles. The number of hydrogen-bond acceptors (Lipinski definition) is 2. The molecule has 2 N–H and O–H groups in total. The second kappa shape index (κ2) is 15.3. The zero-order chi connectivity index (χ0) is 23.9. The fourth-order valence-corrected chi connectivity index (χ4v) is 3.55. The Morgan fingerprint density at radius 3 is 1.88 bits per heavy atom. The van der Waals surface area contributed by atoms with Crippen LogP contribution in [0.2, 0.25) is 0 Å². The SMILES string of the molecule is C=CCC/C=C\CC/C(C)=C\CC/C(C)=C/CC/C(C)=C/Cc1cc(O)c(C)c(C)c1O. The smallest absolute Gasteiger partial charge is 0.122 e. The summed E-state index contributed by atoms with van der Waals surface area (Å²) in [5, 5.41) is 20.3. The number of phenols is 2. The number of rotatable bonds is 14. The summed E-state index contributed by atoms with van der Waals surface area (Å²) in [6, 6.07) is 1.68. The molecule has 0 saturated heterocycles. The van der Waals surface area contributed by atoms with Gasteiger partial charge in [0.15, 0.2) is 0 Å². The lowest BCUT2D eigenvalue weighted by molar-refractivity contribution is 0.448. The Balaban J connectivity index is 2.37. The molecule has 0 aliphatic rings. The normalized spacial score (nSPS) is 13.2. The van der Waals surface area contributed by atoms with E-state index in [9.17, 15) is 10.2 Å². The van der Waals surface area contributed by atoms with Crippen LogP contribution in [0.5, 0.6) is 11.5 Å². The Kier molecular flexibility index (Phi) is 13.2. The lowest BCUT2D eigenvalue weighted by atomic mass is 9.99. The average molecular weight is 437 g/mol. The molecule has 2 nitrogen and oxygen atoms in total. The highest BCUT2D eigenvalue weighted by atomic mass is 16.3. The van der Waals surface area contributed by atoms with Gasteiger partial charge in [-0.1, -0.05) is 53.2 Å². The van der Waals surface area contributed by atoms with E-state index < -0.39 is 0 Å². The molecule has 0 heterocycles. The molecule has 0 amide bonds. The summed E-state index contributed by atoms with van der Waals surface area (Å²) in [6.07, 6.45) is 22.7. The molecule has 0 unspecified atom stereocenters. The van der Waals surface area contributed by atoms with Crippen molar-refractivity contribution < 1.29 is 10.2 Å². The van der Waals surface area contributed by atoms with Crippen LogP contribution in [0.25, 0.3) is 0 Å². The lowest BCUT2D eigenvalue weighted by Gasteiger charge is -2.10. The highest BCUT2D eigenvalue weighted by Gasteiger charge is 2.10. The van der Waals surface area contributed by atoms with Crippen molar-refractivity contribution in [1.82, 2.24) is 0 Å². The largest absolute Gasteiger partial charge is 0.508 e. The maximum Gasteiger partial charge on any atom is 0.122 e. The standard InChI is InChI=1S/C30H44O2/c1-7-8-9-10-11-12-15-23(2)16-13-17-24(3)18-14-19-25(4)20-21-28-22-29(31)26(5)27(6)30(28)32/h7,10-11,16,18,20,22,31-32H,1,8-9,12-15,17,19,21H2,2-6H3/b11-10-,23-16-,24-18+,25-20+. The molecule has 1 rings (SSSR count). The van der Waals surface area contributed by atoms with E-state index in [0.717, 1.165) is 68.1 Å². The summed E-state index contributed by atoms with van der Waals surface area (Å²) in [5.41, 5.74) is 6.52. The third-order valence-electron chi connectivity index (χ3n) is 6.06. The molecule has 0 bridgehead atoms. The van der Waals surface area contributed by atoms with Crippen LogP contribution in [0.3, 0.4) is 0 Å². The Morgan fingerprint density at radius 2 is 1.28 bits per heavy atom. The van der Waals surface area contributed by atoms with Crippen LogP contribution < -0.4 is 0 Å². The quantitative estimate of drug-likeness (QED) is 0.173. The Labute approximate surface area is 196 Å². The molecule has 2 heteroatoms. The summed E-state index contributed by atoms with van der Waals surface area (Å²) in [5.74, 6) is 0.552. The van der Waals surface area contributed by atoms with Crippen molar-refractivity contribution in [3.8, 4) is 11.5 Å². The monoisotopic (exact) mass is 436 g/mol. The van der Waals surface area contributed by atoms with Gasteiger partial charge < -0.3 is 10.2 Å². The van der Waals surface area contributed by atoms with Gasteiger partial charge in [0.2, 0.25) is 0 Å². The maximum atomic E-state index is 10.3. The van der Waals surface area contributed by atoms with E-state index >= 15 is 0 Å². The number of allylic oxidation sites excluding steroid dienone is 9. The average Bonchev–Trinajstić information content (AvgIpc) is 2.76. The number of phenolic OH excluding ortho intramolecular Hbond substituents is 2. The van der Waals surface area contributed by atoms with Gasteiger partial charge in [-0.25, -0.2) is 0 Å². The number of unbranched alkanes of at least 4 members (excludes halogenated alkanes) is 1. The third-order valence-corrected chi connectivity index (χ3v) is 6.06. The molecule has 0 aliphatic heterocycles. The second-order valence-electron chi connectivity index (χ2n) is 8.96. The van der Waals surface area contributed by atoms with E-state index in [-0.39, 0.29) is 5.75 Å². The number of benzene rings is 1. The Bertz CT molecular complexity index is 850. The van der Waals surface area contributed by atoms with Crippen molar-refractivity contribution in [3.63, 3.8) is 0 Å². The highest BCUT2D eigenvalue weighted by molar-refractivity contribution is 5.51. The van der Waals surface area contributed by atoms with Crippen molar-refractivity contribution >= 4 is 0 Å². The maximum absolute atomic E-state index is 10.3. The van der Waals surface area contributed by atoms with E-state index in [1.165, 1.54) is 16.7 Å². The fraction of sp³-hybridized carbons (Fsp3) is 0.467. The minimum Gasteiger partial charge on any atom is -0.508 e. The molecule has 1 aromatic rings. The second-order valence-corrected chi connectivity index (χ2v) is 8.96. The molecular formula is C30H44O2. The summed E-state index contributed by atoms with van der Waals surface area (Å²) in [6.45, 7) is 14.0. The van der Waals surface area contributed by atoms with Gasteiger partial charge in [0.1, 0.15) is 11.5 Å². The van der Waals surface area contributed by atoms with Gasteiger partial charge in [-0.3, -0.25) is 0 Å². The molecule has 0 aromatic heterocycles. The zero-order valence-electron chi connectivity index (χ0n) is 21.0. The van der Waals surface area contributed by atoms with E-state index in [4.69, 9.17) is 0 Å². The highest BCUT2D eigenvalue weighted by Crippen LogP contribution is 2.32. The van der Waals surface area contributed by atoms with Crippen molar-refractivity contribution in [1.29, 1.82) is 0 Å². The predicted octanol–water partition coefficient (Wildman–Crippen LogP) is 8.96. The zero-order valence-corrected chi connectivity index (χ0v) is 21.0. The van der Waals surface area contributed by atoms with Crippen LogP contribution in [0.4, 0.5) is 0 Å². The van der Waals surface area contributed by atoms with Crippen molar-refractivity contribution in [2.45, 2.75) is 92.4 Å². The Hall–Kier alpha value is -2.48. The van der Waals surface area contributed by atoms with E-state index in [0.29, 0.717) is 12.2 Å². The van der Waals surface area contributed by atoms with Crippen molar-refractivity contribution in [2.24, 2.45) is 0 Å². The molecule has 0 atom stereocenters. The summed E-state index contributed by atoms with van der Waals surface area (Å²) < 4.78 is 0. The van der Waals surface area contributed by atoms with Crippen LogP contribution in [0.15, 0.2) is 65.8 Å². The minimum atomic E-state index is 0.254. The van der Waals surface area contributed by atoms with Gasteiger partial charge in [-0.15, -0.1) is 6.58 Å². The van der Waals surface area contributed by atoms with Gasteiger partial charge in [-0.05, 0) is 110 Å². The van der Waals surface area contributed by atoms with Gasteiger partial charge in [-0.2, -0.15) is 0 Å². The Morgan fingerprint density at radius 1 is 0.750 bits per heavy atom. The summed E-state index contributed by atoms with van der Waals surface area (Å²) >= 11 is 0. The van der Waals surface area contributed by atoms with Crippen LogP contribution in [-0.4, -0.2) is 10.2 Å². The molecular weight excluding hydrogens is 392 g/mol.